The lowest BCUT2D eigenvalue weighted by Crippen LogP contribution is -2.47. The molecule has 2 heterocycles. The predicted octanol–water partition coefficient (Wildman–Crippen LogP) is 4.81. The molecule has 174 valence electrons. The van der Waals surface area contributed by atoms with Crippen LogP contribution in [0.25, 0.3) is 0 Å². The number of carbonyl (C=O) groups excluding carboxylic acids is 2. The highest BCUT2D eigenvalue weighted by molar-refractivity contribution is 7.10. The van der Waals surface area contributed by atoms with Crippen LogP contribution >= 0.6 is 11.3 Å². The highest BCUT2D eigenvalue weighted by atomic mass is 32.1. The van der Waals surface area contributed by atoms with Gasteiger partial charge in [-0.05, 0) is 54.0 Å². The van der Waals surface area contributed by atoms with Gasteiger partial charge < -0.3 is 14.5 Å². The summed E-state index contributed by atoms with van der Waals surface area (Å²) < 4.78 is 18.7. The fourth-order valence-corrected chi connectivity index (χ4v) is 5.12. The van der Waals surface area contributed by atoms with E-state index in [1.807, 2.05) is 10.3 Å². The monoisotopic (exact) mass is 460 g/mol. The Balaban J connectivity index is 1.78. The molecular weight excluding hydrogens is 427 g/mol. The molecule has 0 aliphatic carbocycles. The fraction of sp³-hybridized carbons (Fsp3) is 0.520. The second-order valence-corrected chi connectivity index (χ2v) is 9.21. The normalized spacial score (nSPS) is 15.5. The van der Waals surface area contributed by atoms with E-state index in [9.17, 15) is 14.0 Å². The second-order valence-electron chi connectivity index (χ2n) is 8.21. The van der Waals surface area contributed by atoms with Gasteiger partial charge in [-0.2, -0.15) is 0 Å². The maximum Gasteiger partial charge on any atom is 0.242 e. The van der Waals surface area contributed by atoms with Crippen molar-refractivity contribution < 1.29 is 18.7 Å². The van der Waals surface area contributed by atoms with Crippen molar-refractivity contribution in [1.29, 1.82) is 0 Å². The molecular formula is C25H33FN2O3S. The number of nitrogens with zero attached hydrogens (tertiary/aromatic N) is 2. The standard InChI is InChI=1S/C25H33FN2O3S/c1-3-4-5-7-23(29)27(14-6-16-31-2)18-24(30)28-15-12-22-21(13-17-32-22)25(28)19-8-10-20(26)11-9-19/h8-11,13,17,25H,3-7,12,14-16,18H2,1-2H3. The first-order valence-corrected chi connectivity index (χ1v) is 12.3. The zero-order valence-corrected chi connectivity index (χ0v) is 19.8. The molecule has 1 aromatic carbocycles. The summed E-state index contributed by atoms with van der Waals surface area (Å²) in [5.41, 5.74) is 1.99. The van der Waals surface area contributed by atoms with Gasteiger partial charge in [0, 0.05) is 38.1 Å². The van der Waals surface area contributed by atoms with Gasteiger partial charge in [0.05, 0.1) is 12.6 Å². The van der Waals surface area contributed by atoms with Crippen molar-refractivity contribution in [3.8, 4) is 0 Å². The lowest BCUT2D eigenvalue weighted by molar-refractivity contribution is -0.142. The number of hydrogen-bond donors (Lipinski definition) is 0. The molecule has 1 aliphatic heterocycles. The topological polar surface area (TPSA) is 49.9 Å². The first-order chi connectivity index (χ1) is 15.5. The van der Waals surface area contributed by atoms with E-state index in [1.165, 1.54) is 17.0 Å². The van der Waals surface area contributed by atoms with Gasteiger partial charge in [0.2, 0.25) is 11.8 Å². The van der Waals surface area contributed by atoms with Crippen LogP contribution in [0.3, 0.4) is 0 Å². The number of fused-ring (bicyclic) bond motifs is 1. The Kier molecular flexibility index (Phi) is 9.23. The lowest BCUT2D eigenvalue weighted by Gasteiger charge is -2.37. The maximum absolute atomic E-state index is 13.5. The molecule has 2 amide bonds. The zero-order chi connectivity index (χ0) is 22.9. The number of rotatable bonds is 11. The predicted molar refractivity (Wildman–Crippen MR) is 125 cm³/mol. The van der Waals surface area contributed by atoms with Gasteiger partial charge in [0.25, 0.3) is 0 Å². The molecule has 0 radical (unpaired) electrons. The van der Waals surface area contributed by atoms with Crippen molar-refractivity contribution in [3.05, 3.63) is 57.5 Å². The molecule has 1 unspecified atom stereocenters. The average molecular weight is 461 g/mol. The van der Waals surface area contributed by atoms with Gasteiger partial charge in [-0.15, -0.1) is 11.3 Å². The SMILES string of the molecule is CCCCCC(=O)N(CCCOC)CC(=O)N1CCc2sccc2C1c1ccc(F)cc1. The molecule has 0 saturated carbocycles. The van der Waals surface area contributed by atoms with Gasteiger partial charge >= 0.3 is 0 Å². The van der Waals surface area contributed by atoms with Gasteiger partial charge in [0.1, 0.15) is 5.82 Å². The van der Waals surface area contributed by atoms with Crippen molar-refractivity contribution in [1.82, 2.24) is 9.80 Å². The van der Waals surface area contributed by atoms with Crippen LogP contribution in [-0.4, -0.2) is 55.0 Å². The number of halogens is 1. The molecule has 5 nitrogen and oxygen atoms in total. The summed E-state index contributed by atoms with van der Waals surface area (Å²) in [6, 6.07) is 8.17. The third kappa shape index (κ3) is 6.17. The molecule has 0 N–H and O–H groups in total. The van der Waals surface area contributed by atoms with E-state index in [0.29, 0.717) is 32.5 Å². The molecule has 1 aromatic heterocycles. The lowest BCUT2D eigenvalue weighted by atomic mass is 9.93. The van der Waals surface area contributed by atoms with Crippen LogP contribution < -0.4 is 0 Å². The summed E-state index contributed by atoms with van der Waals surface area (Å²) in [7, 11) is 1.64. The minimum atomic E-state index is -0.296. The highest BCUT2D eigenvalue weighted by Crippen LogP contribution is 2.37. The third-order valence-corrected chi connectivity index (χ3v) is 6.92. The van der Waals surface area contributed by atoms with E-state index in [0.717, 1.165) is 36.8 Å². The Morgan fingerprint density at radius 1 is 1.19 bits per heavy atom. The molecule has 2 aromatic rings. The average Bonchev–Trinajstić information content (AvgIpc) is 3.27. The minimum absolute atomic E-state index is 0.0227. The van der Waals surface area contributed by atoms with E-state index < -0.39 is 0 Å². The molecule has 32 heavy (non-hydrogen) atoms. The number of amides is 2. The molecule has 0 spiro atoms. The minimum Gasteiger partial charge on any atom is -0.385 e. The van der Waals surface area contributed by atoms with Crippen molar-refractivity contribution in [2.24, 2.45) is 0 Å². The number of methoxy groups -OCH3 is 1. The molecule has 3 rings (SSSR count). The largest absolute Gasteiger partial charge is 0.385 e. The van der Waals surface area contributed by atoms with Crippen LogP contribution in [0.4, 0.5) is 4.39 Å². The van der Waals surface area contributed by atoms with Gasteiger partial charge in [-0.1, -0.05) is 31.9 Å². The van der Waals surface area contributed by atoms with Crippen LogP contribution in [0.15, 0.2) is 35.7 Å². The van der Waals surface area contributed by atoms with Crippen molar-refractivity contribution in [2.75, 3.05) is 33.4 Å². The zero-order valence-electron chi connectivity index (χ0n) is 19.0. The first kappa shape index (κ1) is 24.4. The van der Waals surface area contributed by atoms with Gasteiger partial charge in [-0.3, -0.25) is 9.59 Å². The third-order valence-electron chi connectivity index (χ3n) is 5.92. The van der Waals surface area contributed by atoms with Crippen LogP contribution in [0.1, 0.15) is 61.1 Å². The smallest absolute Gasteiger partial charge is 0.242 e. The van der Waals surface area contributed by atoms with Crippen LogP contribution in [-0.2, 0) is 20.7 Å². The number of carbonyl (C=O) groups is 2. The van der Waals surface area contributed by atoms with Crippen molar-refractivity contribution in [2.45, 2.75) is 51.5 Å². The Bertz CT molecular complexity index is 884. The maximum atomic E-state index is 13.5. The number of thiophene rings is 1. The second kappa shape index (κ2) is 12.1. The summed E-state index contributed by atoms with van der Waals surface area (Å²) in [5.74, 6) is -0.345. The van der Waals surface area contributed by atoms with E-state index in [-0.39, 0.29) is 30.2 Å². The Hall–Kier alpha value is -2.25. The summed E-state index contributed by atoms with van der Waals surface area (Å²) in [6.45, 7) is 3.81. The number of unbranched alkanes of at least 4 members (excludes halogenated alkanes) is 2. The quantitative estimate of drug-likeness (QED) is 0.452. The molecule has 0 saturated heterocycles. The van der Waals surface area contributed by atoms with Crippen LogP contribution in [0.5, 0.6) is 0 Å². The molecule has 0 fully saturated rings. The van der Waals surface area contributed by atoms with Crippen molar-refractivity contribution in [3.63, 3.8) is 0 Å². The Labute approximate surface area is 194 Å². The summed E-state index contributed by atoms with van der Waals surface area (Å²) in [6.07, 6.45) is 4.84. The van der Waals surface area contributed by atoms with E-state index >= 15 is 0 Å². The fourth-order valence-electron chi connectivity index (χ4n) is 4.22. The van der Waals surface area contributed by atoms with E-state index in [1.54, 1.807) is 35.5 Å². The van der Waals surface area contributed by atoms with Crippen LogP contribution in [0, 0.1) is 5.82 Å². The summed E-state index contributed by atoms with van der Waals surface area (Å²) in [4.78, 5) is 31.1. The van der Waals surface area contributed by atoms with Crippen molar-refractivity contribution >= 4 is 23.2 Å². The molecule has 1 atom stereocenters. The molecule has 7 heteroatoms. The summed E-state index contributed by atoms with van der Waals surface area (Å²) >= 11 is 1.69. The number of ether oxygens (including phenoxy) is 1. The highest BCUT2D eigenvalue weighted by Gasteiger charge is 2.33. The van der Waals surface area contributed by atoms with E-state index in [2.05, 4.69) is 13.0 Å². The molecule has 0 bridgehead atoms. The number of benzene rings is 1. The Morgan fingerprint density at radius 3 is 2.69 bits per heavy atom. The van der Waals surface area contributed by atoms with Crippen LogP contribution in [0.2, 0.25) is 0 Å². The summed E-state index contributed by atoms with van der Waals surface area (Å²) in [5, 5.41) is 2.05. The molecule has 1 aliphatic rings. The van der Waals surface area contributed by atoms with Gasteiger partial charge in [0.15, 0.2) is 0 Å². The van der Waals surface area contributed by atoms with E-state index in [4.69, 9.17) is 4.74 Å². The first-order valence-electron chi connectivity index (χ1n) is 11.4. The van der Waals surface area contributed by atoms with Gasteiger partial charge in [-0.25, -0.2) is 4.39 Å². The Morgan fingerprint density at radius 2 is 1.97 bits per heavy atom. The number of hydrogen-bond acceptors (Lipinski definition) is 4.